The van der Waals surface area contributed by atoms with Gasteiger partial charge in [0.05, 0.1) is 18.4 Å². The summed E-state index contributed by atoms with van der Waals surface area (Å²) >= 11 is 0. The SMILES string of the molecule is O=C(O)C1CCCc2cocc21. The molecule has 3 heteroatoms. The molecular formula is C9H10O3. The largest absolute Gasteiger partial charge is 0.481 e. The molecule has 3 nitrogen and oxygen atoms in total. The molecule has 12 heavy (non-hydrogen) atoms. The van der Waals surface area contributed by atoms with Gasteiger partial charge in [-0.3, -0.25) is 4.79 Å². The van der Waals surface area contributed by atoms with Crippen molar-refractivity contribution in [1.82, 2.24) is 0 Å². The Kier molecular flexibility index (Phi) is 1.64. The Balaban J connectivity index is 2.37. The molecule has 1 aromatic rings. The third-order valence-electron chi connectivity index (χ3n) is 2.39. The van der Waals surface area contributed by atoms with Gasteiger partial charge in [-0.2, -0.15) is 0 Å². The first kappa shape index (κ1) is 7.40. The third-order valence-corrected chi connectivity index (χ3v) is 2.39. The highest BCUT2D eigenvalue weighted by atomic mass is 16.4. The van der Waals surface area contributed by atoms with Crippen LogP contribution in [-0.4, -0.2) is 11.1 Å². The van der Waals surface area contributed by atoms with Gasteiger partial charge in [0.25, 0.3) is 0 Å². The fourth-order valence-corrected chi connectivity index (χ4v) is 1.75. The van der Waals surface area contributed by atoms with Crippen LogP contribution in [0.25, 0.3) is 0 Å². The molecule has 0 spiro atoms. The normalized spacial score (nSPS) is 21.8. The third kappa shape index (κ3) is 1.02. The fourth-order valence-electron chi connectivity index (χ4n) is 1.75. The maximum absolute atomic E-state index is 10.8. The van der Waals surface area contributed by atoms with E-state index in [0.717, 1.165) is 30.4 Å². The van der Waals surface area contributed by atoms with Crippen molar-refractivity contribution in [1.29, 1.82) is 0 Å². The number of carbonyl (C=O) groups is 1. The van der Waals surface area contributed by atoms with E-state index in [9.17, 15) is 4.79 Å². The second-order valence-corrected chi connectivity index (χ2v) is 3.14. The predicted octanol–water partition coefficient (Wildman–Crippen LogP) is 1.78. The Morgan fingerprint density at radius 2 is 2.42 bits per heavy atom. The Hall–Kier alpha value is -1.25. The number of aliphatic carboxylic acids is 1. The van der Waals surface area contributed by atoms with Gasteiger partial charge in [-0.15, -0.1) is 0 Å². The number of hydrogen-bond acceptors (Lipinski definition) is 2. The lowest BCUT2D eigenvalue weighted by Crippen LogP contribution is -2.16. The van der Waals surface area contributed by atoms with Gasteiger partial charge >= 0.3 is 5.97 Å². The minimum atomic E-state index is -0.739. The summed E-state index contributed by atoms with van der Waals surface area (Å²) in [6, 6.07) is 0. The summed E-state index contributed by atoms with van der Waals surface area (Å²) < 4.78 is 4.98. The van der Waals surface area contributed by atoms with Crippen LogP contribution >= 0.6 is 0 Å². The summed E-state index contributed by atoms with van der Waals surface area (Å²) in [5.74, 6) is -1.08. The van der Waals surface area contributed by atoms with Crippen LogP contribution in [0.15, 0.2) is 16.9 Å². The summed E-state index contributed by atoms with van der Waals surface area (Å²) in [5.41, 5.74) is 1.93. The fraction of sp³-hybridized carbons (Fsp3) is 0.444. The van der Waals surface area contributed by atoms with Crippen molar-refractivity contribution >= 4 is 5.97 Å². The highest BCUT2D eigenvalue weighted by molar-refractivity contribution is 5.76. The van der Waals surface area contributed by atoms with Crippen LogP contribution in [0.4, 0.5) is 0 Å². The van der Waals surface area contributed by atoms with E-state index in [1.807, 2.05) is 0 Å². The average Bonchev–Trinajstić information content (AvgIpc) is 2.49. The first-order valence-electron chi connectivity index (χ1n) is 4.07. The first-order valence-corrected chi connectivity index (χ1v) is 4.07. The van der Waals surface area contributed by atoms with Gasteiger partial charge in [0, 0.05) is 5.56 Å². The van der Waals surface area contributed by atoms with E-state index >= 15 is 0 Å². The zero-order valence-electron chi connectivity index (χ0n) is 6.62. The van der Waals surface area contributed by atoms with Crippen LogP contribution in [0.5, 0.6) is 0 Å². The molecule has 1 aliphatic carbocycles. The lowest BCUT2D eigenvalue weighted by atomic mass is 9.86. The number of hydrogen-bond donors (Lipinski definition) is 1. The summed E-state index contributed by atoms with van der Waals surface area (Å²) in [5, 5.41) is 8.86. The maximum atomic E-state index is 10.8. The summed E-state index contributed by atoms with van der Waals surface area (Å²) in [6.07, 6.45) is 5.86. The summed E-state index contributed by atoms with van der Waals surface area (Å²) in [4.78, 5) is 10.8. The molecule has 0 aromatic carbocycles. The zero-order chi connectivity index (χ0) is 8.55. The molecule has 1 aromatic heterocycles. The van der Waals surface area contributed by atoms with E-state index in [2.05, 4.69) is 0 Å². The molecule has 1 heterocycles. The van der Waals surface area contributed by atoms with Crippen molar-refractivity contribution in [2.24, 2.45) is 0 Å². The smallest absolute Gasteiger partial charge is 0.311 e. The monoisotopic (exact) mass is 166 g/mol. The van der Waals surface area contributed by atoms with Crippen LogP contribution in [0.3, 0.4) is 0 Å². The van der Waals surface area contributed by atoms with E-state index in [-0.39, 0.29) is 5.92 Å². The van der Waals surface area contributed by atoms with E-state index in [1.54, 1.807) is 12.5 Å². The van der Waals surface area contributed by atoms with Crippen LogP contribution < -0.4 is 0 Å². The first-order chi connectivity index (χ1) is 5.79. The van der Waals surface area contributed by atoms with Gasteiger partial charge in [-0.25, -0.2) is 0 Å². The van der Waals surface area contributed by atoms with Gasteiger partial charge in [0.1, 0.15) is 0 Å². The molecule has 0 saturated heterocycles. The highest BCUT2D eigenvalue weighted by Gasteiger charge is 2.27. The van der Waals surface area contributed by atoms with Crippen LogP contribution in [0, 0.1) is 0 Å². The molecule has 0 radical (unpaired) electrons. The van der Waals surface area contributed by atoms with Crippen LogP contribution in [-0.2, 0) is 11.2 Å². The Labute approximate surface area is 70.0 Å². The highest BCUT2D eigenvalue weighted by Crippen LogP contribution is 2.32. The Morgan fingerprint density at radius 3 is 3.17 bits per heavy atom. The van der Waals surface area contributed by atoms with E-state index < -0.39 is 5.97 Å². The molecule has 0 saturated carbocycles. The molecule has 64 valence electrons. The number of rotatable bonds is 1. The minimum absolute atomic E-state index is 0.340. The standard InChI is InChI=1S/C9H10O3/c10-9(11)7-3-1-2-6-4-12-5-8(6)7/h4-5,7H,1-3H2,(H,10,11). The molecule has 0 fully saturated rings. The Morgan fingerprint density at radius 1 is 1.58 bits per heavy atom. The maximum Gasteiger partial charge on any atom is 0.311 e. The number of carboxylic acids is 1. The molecule has 1 aliphatic rings. The molecule has 1 N–H and O–H groups in total. The van der Waals surface area contributed by atoms with Crippen molar-refractivity contribution in [2.45, 2.75) is 25.2 Å². The van der Waals surface area contributed by atoms with Gasteiger partial charge in [0.2, 0.25) is 0 Å². The number of furan rings is 1. The van der Waals surface area contributed by atoms with E-state index in [4.69, 9.17) is 9.52 Å². The van der Waals surface area contributed by atoms with Crippen molar-refractivity contribution in [3.63, 3.8) is 0 Å². The van der Waals surface area contributed by atoms with Gasteiger partial charge in [0.15, 0.2) is 0 Å². The molecule has 1 unspecified atom stereocenters. The predicted molar refractivity (Wildman–Crippen MR) is 42.0 cm³/mol. The zero-order valence-corrected chi connectivity index (χ0v) is 6.62. The van der Waals surface area contributed by atoms with Gasteiger partial charge in [-0.1, -0.05) is 0 Å². The van der Waals surface area contributed by atoms with Crippen LogP contribution in [0.2, 0.25) is 0 Å². The van der Waals surface area contributed by atoms with Crippen LogP contribution in [0.1, 0.15) is 29.9 Å². The van der Waals surface area contributed by atoms with Crippen molar-refractivity contribution < 1.29 is 14.3 Å². The van der Waals surface area contributed by atoms with Crippen molar-refractivity contribution in [3.05, 3.63) is 23.7 Å². The minimum Gasteiger partial charge on any atom is -0.481 e. The van der Waals surface area contributed by atoms with Gasteiger partial charge in [-0.05, 0) is 24.8 Å². The molecule has 0 bridgehead atoms. The Bertz CT molecular complexity index is 300. The number of aryl methyl sites for hydroxylation is 1. The lowest BCUT2D eigenvalue weighted by molar-refractivity contribution is -0.139. The summed E-state index contributed by atoms with van der Waals surface area (Å²) in [6.45, 7) is 0. The second kappa shape index (κ2) is 2.66. The molecular weight excluding hydrogens is 156 g/mol. The van der Waals surface area contributed by atoms with E-state index in [0.29, 0.717) is 0 Å². The molecule has 0 aliphatic heterocycles. The van der Waals surface area contributed by atoms with E-state index in [1.165, 1.54) is 0 Å². The number of carboxylic acid groups (broad SMARTS) is 1. The molecule has 0 amide bonds. The second-order valence-electron chi connectivity index (χ2n) is 3.14. The lowest BCUT2D eigenvalue weighted by Gasteiger charge is -2.17. The molecule has 2 rings (SSSR count). The average molecular weight is 166 g/mol. The number of fused-ring (bicyclic) bond motifs is 1. The van der Waals surface area contributed by atoms with Crippen molar-refractivity contribution in [3.8, 4) is 0 Å². The van der Waals surface area contributed by atoms with Crippen molar-refractivity contribution in [2.75, 3.05) is 0 Å². The topological polar surface area (TPSA) is 50.4 Å². The summed E-state index contributed by atoms with van der Waals surface area (Å²) in [7, 11) is 0. The molecule has 1 atom stereocenters. The van der Waals surface area contributed by atoms with Gasteiger partial charge < -0.3 is 9.52 Å². The quantitative estimate of drug-likeness (QED) is 0.691.